The van der Waals surface area contributed by atoms with Gasteiger partial charge in [-0.15, -0.1) is 0 Å². The van der Waals surface area contributed by atoms with Crippen LogP contribution >= 0.6 is 12.2 Å². The van der Waals surface area contributed by atoms with Crippen molar-refractivity contribution in [2.24, 2.45) is 0 Å². The van der Waals surface area contributed by atoms with Crippen molar-refractivity contribution >= 4 is 29.0 Å². The van der Waals surface area contributed by atoms with Gasteiger partial charge in [0.15, 0.2) is 5.11 Å². The number of anilines is 1. The van der Waals surface area contributed by atoms with Crippen LogP contribution in [0.5, 0.6) is 5.75 Å². The van der Waals surface area contributed by atoms with Crippen molar-refractivity contribution in [1.82, 2.24) is 5.32 Å². The van der Waals surface area contributed by atoms with Gasteiger partial charge < -0.3 is 14.8 Å². The zero-order chi connectivity index (χ0) is 20.3. The van der Waals surface area contributed by atoms with Crippen LogP contribution in [-0.2, 0) is 9.53 Å². The van der Waals surface area contributed by atoms with Gasteiger partial charge in [0.1, 0.15) is 5.75 Å². The Labute approximate surface area is 170 Å². The van der Waals surface area contributed by atoms with E-state index < -0.39 is 12.0 Å². The van der Waals surface area contributed by atoms with E-state index in [0.717, 1.165) is 22.5 Å². The largest absolute Gasteiger partial charge is 0.494 e. The van der Waals surface area contributed by atoms with Crippen molar-refractivity contribution in [3.8, 4) is 5.75 Å². The van der Waals surface area contributed by atoms with Crippen molar-refractivity contribution in [1.29, 1.82) is 0 Å². The Morgan fingerprint density at radius 2 is 1.93 bits per heavy atom. The van der Waals surface area contributed by atoms with Crippen molar-refractivity contribution < 1.29 is 14.3 Å². The number of benzene rings is 2. The molecular formula is C22H24N2O3S. The molecular weight excluding hydrogens is 372 g/mol. The quantitative estimate of drug-likeness (QED) is 0.601. The Balaban J connectivity index is 2.16. The molecule has 1 heterocycles. The Morgan fingerprint density at radius 1 is 1.18 bits per heavy atom. The lowest BCUT2D eigenvalue weighted by Crippen LogP contribution is -2.48. The highest BCUT2D eigenvalue weighted by Crippen LogP contribution is 2.37. The molecule has 3 rings (SSSR count). The number of methoxy groups -OCH3 is 1. The molecule has 1 atom stereocenters. The van der Waals surface area contributed by atoms with E-state index in [9.17, 15) is 4.79 Å². The molecule has 0 amide bonds. The molecule has 0 spiro atoms. The topological polar surface area (TPSA) is 50.8 Å². The van der Waals surface area contributed by atoms with E-state index in [4.69, 9.17) is 21.7 Å². The highest BCUT2D eigenvalue weighted by Gasteiger charge is 2.36. The van der Waals surface area contributed by atoms with E-state index in [1.165, 1.54) is 7.11 Å². The first-order chi connectivity index (χ1) is 13.5. The second kappa shape index (κ2) is 8.44. The number of para-hydroxylation sites is 1. The normalized spacial score (nSPS) is 16.6. The third kappa shape index (κ3) is 3.73. The van der Waals surface area contributed by atoms with E-state index in [1.807, 2.05) is 74.2 Å². The van der Waals surface area contributed by atoms with Crippen LogP contribution in [0.15, 0.2) is 59.8 Å². The van der Waals surface area contributed by atoms with Gasteiger partial charge in [-0.1, -0.05) is 30.3 Å². The molecule has 0 aliphatic carbocycles. The van der Waals surface area contributed by atoms with Gasteiger partial charge in [0, 0.05) is 16.9 Å². The van der Waals surface area contributed by atoms with E-state index in [0.29, 0.717) is 23.0 Å². The van der Waals surface area contributed by atoms with E-state index in [1.54, 1.807) is 0 Å². The Morgan fingerprint density at radius 3 is 2.61 bits per heavy atom. The van der Waals surface area contributed by atoms with Crippen LogP contribution in [0, 0.1) is 6.92 Å². The number of rotatable bonds is 5. The summed E-state index contributed by atoms with van der Waals surface area (Å²) in [6.07, 6.45) is 0. The van der Waals surface area contributed by atoms with Crippen LogP contribution < -0.4 is 15.0 Å². The molecule has 0 aromatic heterocycles. The lowest BCUT2D eigenvalue weighted by atomic mass is 9.94. The average Bonchev–Trinajstić information content (AvgIpc) is 2.68. The summed E-state index contributed by atoms with van der Waals surface area (Å²) in [5.41, 5.74) is 4.09. The summed E-state index contributed by atoms with van der Waals surface area (Å²) in [4.78, 5) is 14.6. The SMILES string of the molecule is CCOc1ccccc1[C@H]1NC(=S)N(c2cccc(C)c2)C(C)=C1C(=O)OC. The second-order valence-electron chi connectivity index (χ2n) is 6.52. The molecule has 0 unspecified atom stereocenters. The number of hydrogen-bond donors (Lipinski definition) is 1. The third-order valence-corrected chi connectivity index (χ3v) is 4.98. The predicted molar refractivity (Wildman–Crippen MR) is 114 cm³/mol. The van der Waals surface area contributed by atoms with Gasteiger partial charge >= 0.3 is 5.97 Å². The standard InChI is InChI=1S/C22H24N2O3S/c1-5-27-18-12-7-6-11-17(18)20-19(21(25)26-4)15(3)24(22(28)23-20)16-10-8-9-14(2)13-16/h6-13,20H,5H2,1-4H3,(H,23,28)/t20-/m1/s1. The summed E-state index contributed by atoms with van der Waals surface area (Å²) in [5, 5.41) is 3.83. The summed E-state index contributed by atoms with van der Waals surface area (Å²) in [7, 11) is 1.39. The van der Waals surface area contributed by atoms with Gasteiger partial charge in [-0.25, -0.2) is 4.79 Å². The Hall–Kier alpha value is -2.86. The fourth-order valence-corrected chi connectivity index (χ4v) is 3.79. The summed E-state index contributed by atoms with van der Waals surface area (Å²) in [6.45, 7) is 6.36. The molecule has 0 bridgehead atoms. The second-order valence-corrected chi connectivity index (χ2v) is 6.91. The minimum absolute atomic E-state index is 0.401. The molecule has 0 saturated carbocycles. The lowest BCUT2D eigenvalue weighted by molar-refractivity contribution is -0.136. The van der Waals surface area contributed by atoms with Crippen LogP contribution in [0.2, 0.25) is 0 Å². The molecule has 1 aliphatic rings. The molecule has 5 nitrogen and oxygen atoms in total. The monoisotopic (exact) mass is 396 g/mol. The van der Waals surface area contributed by atoms with Crippen molar-refractivity contribution in [2.45, 2.75) is 26.8 Å². The third-order valence-electron chi connectivity index (χ3n) is 4.68. The maximum atomic E-state index is 12.7. The molecule has 0 fully saturated rings. The Bertz CT molecular complexity index is 939. The fraction of sp³-hybridized carbons (Fsp3) is 0.273. The van der Waals surface area contributed by atoms with Crippen LogP contribution in [0.1, 0.15) is 31.0 Å². The number of carbonyl (C=O) groups is 1. The summed E-state index contributed by atoms with van der Waals surface area (Å²) in [5.74, 6) is 0.310. The maximum Gasteiger partial charge on any atom is 0.337 e. The first-order valence-electron chi connectivity index (χ1n) is 9.16. The number of thiocarbonyl (C=S) groups is 1. The van der Waals surface area contributed by atoms with E-state index >= 15 is 0 Å². The number of esters is 1. The van der Waals surface area contributed by atoms with Crippen LogP contribution in [0.4, 0.5) is 5.69 Å². The molecule has 28 heavy (non-hydrogen) atoms. The van der Waals surface area contributed by atoms with Crippen LogP contribution in [0.25, 0.3) is 0 Å². The zero-order valence-electron chi connectivity index (χ0n) is 16.5. The van der Waals surface area contributed by atoms with Crippen molar-refractivity contribution in [2.75, 3.05) is 18.6 Å². The molecule has 0 radical (unpaired) electrons. The number of carbonyl (C=O) groups excluding carboxylic acids is 1. The number of nitrogens with one attached hydrogen (secondary N) is 1. The molecule has 1 N–H and O–H groups in total. The average molecular weight is 397 g/mol. The summed E-state index contributed by atoms with van der Waals surface area (Å²) < 4.78 is 10.9. The molecule has 2 aromatic rings. The van der Waals surface area contributed by atoms with Gasteiger partial charge in [-0.05, 0) is 56.8 Å². The molecule has 0 saturated heterocycles. The highest BCUT2D eigenvalue weighted by molar-refractivity contribution is 7.80. The van der Waals surface area contributed by atoms with Gasteiger partial charge in [-0.2, -0.15) is 0 Å². The van der Waals surface area contributed by atoms with Gasteiger partial charge in [0.05, 0.1) is 25.3 Å². The van der Waals surface area contributed by atoms with Gasteiger partial charge in [0.2, 0.25) is 0 Å². The van der Waals surface area contributed by atoms with E-state index in [-0.39, 0.29) is 0 Å². The zero-order valence-corrected chi connectivity index (χ0v) is 17.3. The smallest absolute Gasteiger partial charge is 0.337 e. The number of hydrogen-bond acceptors (Lipinski definition) is 4. The summed E-state index contributed by atoms with van der Waals surface area (Å²) >= 11 is 5.68. The lowest BCUT2D eigenvalue weighted by Gasteiger charge is -2.37. The Kier molecular flexibility index (Phi) is 5.99. The summed E-state index contributed by atoms with van der Waals surface area (Å²) in [6, 6.07) is 15.2. The molecule has 2 aromatic carbocycles. The van der Waals surface area contributed by atoms with Crippen LogP contribution in [0.3, 0.4) is 0 Å². The van der Waals surface area contributed by atoms with Gasteiger partial charge in [0.25, 0.3) is 0 Å². The first-order valence-corrected chi connectivity index (χ1v) is 9.56. The first kappa shape index (κ1) is 19.9. The number of aryl methyl sites for hydroxylation is 1. The van der Waals surface area contributed by atoms with Crippen molar-refractivity contribution in [3.63, 3.8) is 0 Å². The molecule has 146 valence electrons. The fourth-order valence-electron chi connectivity index (χ4n) is 3.43. The molecule has 1 aliphatic heterocycles. The van der Waals surface area contributed by atoms with Gasteiger partial charge in [-0.3, -0.25) is 4.90 Å². The number of nitrogens with zero attached hydrogens (tertiary/aromatic N) is 1. The molecule has 6 heteroatoms. The van der Waals surface area contributed by atoms with Crippen molar-refractivity contribution in [3.05, 3.63) is 70.9 Å². The number of allylic oxidation sites excluding steroid dienone is 1. The number of ether oxygens (including phenoxy) is 2. The predicted octanol–water partition coefficient (Wildman–Crippen LogP) is 4.28. The maximum absolute atomic E-state index is 12.7. The van der Waals surface area contributed by atoms with Crippen LogP contribution in [-0.4, -0.2) is 24.8 Å². The van der Waals surface area contributed by atoms with E-state index in [2.05, 4.69) is 5.32 Å². The highest BCUT2D eigenvalue weighted by atomic mass is 32.1. The minimum atomic E-state index is -0.455. The minimum Gasteiger partial charge on any atom is -0.494 e.